The van der Waals surface area contributed by atoms with Crippen LogP contribution in [0.5, 0.6) is 0 Å². The van der Waals surface area contributed by atoms with E-state index in [1.807, 2.05) is 0 Å². The van der Waals surface area contributed by atoms with Crippen molar-refractivity contribution in [3.05, 3.63) is 23.3 Å². The maximum Gasteiger partial charge on any atom is 0.256 e. The van der Waals surface area contributed by atoms with Crippen LogP contribution in [0.4, 0.5) is 0 Å². The van der Waals surface area contributed by atoms with Crippen LogP contribution in [0.2, 0.25) is 0 Å². The topological polar surface area (TPSA) is 74.8 Å². The molecule has 0 saturated heterocycles. The number of carbonyl (C=O) groups excluding carboxylic acids is 4. The normalized spacial score (nSPS) is 29.4. The average Bonchev–Trinajstić information content (AvgIpc) is 2.87. The first-order valence-corrected chi connectivity index (χ1v) is 7.52. The van der Waals surface area contributed by atoms with Crippen molar-refractivity contribution in [2.45, 2.75) is 51.6 Å². The standard InChI is InChI=1S/C16H18N2O4/c1-9-7-13(19)17(15(9)21)11-3-5-12(6-4-11)18-14(20)8-10(2)16(18)22/h7-8,11-12H,3-6H2,1-2H3. The molecular weight excluding hydrogens is 284 g/mol. The van der Waals surface area contributed by atoms with Gasteiger partial charge in [-0.3, -0.25) is 29.0 Å². The molecule has 3 aliphatic rings. The molecule has 2 aliphatic heterocycles. The Hall–Kier alpha value is -2.24. The third kappa shape index (κ3) is 2.19. The Balaban J connectivity index is 1.65. The number of rotatable bonds is 2. The predicted molar refractivity (Wildman–Crippen MR) is 77.3 cm³/mol. The molecule has 0 unspecified atom stereocenters. The van der Waals surface area contributed by atoms with E-state index in [2.05, 4.69) is 0 Å². The van der Waals surface area contributed by atoms with Gasteiger partial charge in [0.1, 0.15) is 0 Å². The van der Waals surface area contributed by atoms with Crippen molar-refractivity contribution in [2.24, 2.45) is 0 Å². The summed E-state index contributed by atoms with van der Waals surface area (Å²) in [7, 11) is 0. The second-order valence-electron chi connectivity index (χ2n) is 6.14. The van der Waals surface area contributed by atoms with Gasteiger partial charge in [0.05, 0.1) is 0 Å². The lowest BCUT2D eigenvalue weighted by Crippen LogP contribution is -2.48. The summed E-state index contributed by atoms with van der Waals surface area (Å²) in [5.41, 5.74) is 0.939. The summed E-state index contributed by atoms with van der Waals surface area (Å²) in [5, 5.41) is 0. The Morgan fingerprint density at radius 1 is 0.727 bits per heavy atom. The number of hydrogen-bond donors (Lipinski definition) is 0. The van der Waals surface area contributed by atoms with Crippen LogP contribution in [0.25, 0.3) is 0 Å². The van der Waals surface area contributed by atoms with Crippen LogP contribution < -0.4 is 0 Å². The second-order valence-corrected chi connectivity index (χ2v) is 6.14. The van der Waals surface area contributed by atoms with Crippen molar-refractivity contribution in [3.8, 4) is 0 Å². The molecule has 22 heavy (non-hydrogen) atoms. The molecule has 0 aromatic heterocycles. The van der Waals surface area contributed by atoms with E-state index in [0.717, 1.165) is 0 Å². The smallest absolute Gasteiger partial charge is 0.256 e. The molecule has 1 aliphatic carbocycles. The van der Waals surface area contributed by atoms with Gasteiger partial charge in [0, 0.05) is 35.4 Å². The van der Waals surface area contributed by atoms with Gasteiger partial charge in [-0.25, -0.2) is 0 Å². The molecular formula is C16H18N2O4. The maximum atomic E-state index is 12.0. The minimum absolute atomic E-state index is 0.133. The Labute approximate surface area is 128 Å². The first kappa shape index (κ1) is 14.7. The van der Waals surface area contributed by atoms with E-state index >= 15 is 0 Å². The fourth-order valence-electron chi connectivity index (χ4n) is 3.48. The van der Waals surface area contributed by atoms with E-state index in [9.17, 15) is 19.2 Å². The predicted octanol–water partition coefficient (Wildman–Crippen LogP) is 0.928. The van der Waals surface area contributed by atoms with Gasteiger partial charge >= 0.3 is 0 Å². The van der Waals surface area contributed by atoms with Gasteiger partial charge in [-0.05, 0) is 39.5 Å². The number of imide groups is 2. The van der Waals surface area contributed by atoms with E-state index in [4.69, 9.17) is 0 Å². The van der Waals surface area contributed by atoms with Crippen LogP contribution in [-0.2, 0) is 19.2 Å². The molecule has 2 heterocycles. The second kappa shape index (κ2) is 5.19. The fourth-order valence-corrected chi connectivity index (χ4v) is 3.48. The molecule has 4 amide bonds. The number of hydrogen-bond acceptors (Lipinski definition) is 4. The highest BCUT2D eigenvalue weighted by Gasteiger charge is 2.40. The van der Waals surface area contributed by atoms with Crippen molar-refractivity contribution >= 4 is 23.6 Å². The van der Waals surface area contributed by atoms with Crippen molar-refractivity contribution in [2.75, 3.05) is 0 Å². The third-order valence-corrected chi connectivity index (χ3v) is 4.66. The van der Waals surface area contributed by atoms with Gasteiger partial charge in [-0.15, -0.1) is 0 Å². The summed E-state index contributed by atoms with van der Waals surface area (Å²) in [6, 6.07) is -0.265. The number of carbonyl (C=O) groups is 4. The van der Waals surface area contributed by atoms with E-state index in [1.165, 1.54) is 22.0 Å². The van der Waals surface area contributed by atoms with E-state index in [1.54, 1.807) is 13.8 Å². The Morgan fingerprint density at radius 3 is 1.27 bits per heavy atom. The summed E-state index contributed by atoms with van der Waals surface area (Å²) in [6.45, 7) is 3.28. The van der Waals surface area contributed by atoms with Gasteiger partial charge in [0.15, 0.2) is 0 Å². The molecule has 0 N–H and O–H groups in total. The zero-order chi connectivity index (χ0) is 16.0. The van der Waals surface area contributed by atoms with Crippen LogP contribution >= 0.6 is 0 Å². The molecule has 1 fully saturated rings. The molecule has 3 rings (SSSR count). The molecule has 6 nitrogen and oxygen atoms in total. The van der Waals surface area contributed by atoms with Gasteiger partial charge in [0.2, 0.25) is 0 Å². The molecule has 0 spiro atoms. The Bertz CT molecular complexity index is 583. The van der Waals surface area contributed by atoms with E-state index in [0.29, 0.717) is 36.8 Å². The lowest BCUT2D eigenvalue weighted by atomic mass is 9.89. The minimum atomic E-state index is -0.253. The number of nitrogens with zero attached hydrogens (tertiary/aromatic N) is 2. The van der Waals surface area contributed by atoms with Crippen LogP contribution in [-0.4, -0.2) is 45.5 Å². The Kier molecular flexibility index (Phi) is 3.47. The molecule has 0 bridgehead atoms. The van der Waals surface area contributed by atoms with Crippen molar-refractivity contribution in [1.29, 1.82) is 0 Å². The zero-order valence-electron chi connectivity index (χ0n) is 12.7. The summed E-state index contributed by atoms with van der Waals surface area (Å²) < 4.78 is 0. The summed E-state index contributed by atoms with van der Waals surface area (Å²) >= 11 is 0. The zero-order valence-corrected chi connectivity index (χ0v) is 12.7. The van der Waals surface area contributed by atoms with Crippen LogP contribution in [0, 0.1) is 0 Å². The minimum Gasteiger partial charge on any atom is -0.272 e. The van der Waals surface area contributed by atoms with Crippen molar-refractivity contribution < 1.29 is 19.2 Å². The molecule has 0 atom stereocenters. The summed E-state index contributed by atoms with van der Waals surface area (Å²) in [6.07, 6.45) is 5.24. The molecule has 0 aromatic carbocycles. The largest absolute Gasteiger partial charge is 0.272 e. The lowest BCUT2D eigenvalue weighted by molar-refractivity contribution is -0.145. The third-order valence-electron chi connectivity index (χ3n) is 4.66. The summed E-state index contributed by atoms with van der Waals surface area (Å²) in [5.74, 6) is -0.952. The lowest BCUT2D eigenvalue weighted by Gasteiger charge is -2.36. The van der Waals surface area contributed by atoms with E-state index < -0.39 is 0 Å². The van der Waals surface area contributed by atoms with Crippen LogP contribution in [0.1, 0.15) is 39.5 Å². The van der Waals surface area contributed by atoms with Crippen molar-refractivity contribution in [1.82, 2.24) is 9.80 Å². The fraction of sp³-hybridized carbons (Fsp3) is 0.500. The highest BCUT2D eigenvalue weighted by Crippen LogP contribution is 2.31. The van der Waals surface area contributed by atoms with E-state index in [-0.39, 0.29) is 35.7 Å². The average molecular weight is 302 g/mol. The Morgan fingerprint density at radius 2 is 1.05 bits per heavy atom. The monoisotopic (exact) mass is 302 g/mol. The molecule has 0 aromatic rings. The van der Waals surface area contributed by atoms with Crippen molar-refractivity contribution in [3.63, 3.8) is 0 Å². The molecule has 1 saturated carbocycles. The van der Waals surface area contributed by atoms with Gasteiger partial charge < -0.3 is 0 Å². The number of amides is 4. The van der Waals surface area contributed by atoms with Gasteiger partial charge in [-0.2, -0.15) is 0 Å². The first-order valence-electron chi connectivity index (χ1n) is 7.52. The molecule has 116 valence electrons. The SMILES string of the molecule is CC1=CC(=O)N(C2CCC(N3C(=O)C=C(C)C3=O)CC2)C1=O. The van der Waals surface area contributed by atoms with Gasteiger partial charge in [-0.1, -0.05) is 0 Å². The molecule has 0 radical (unpaired) electrons. The first-order chi connectivity index (χ1) is 10.4. The highest BCUT2D eigenvalue weighted by atomic mass is 16.2. The van der Waals surface area contributed by atoms with Crippen LogP contribution in [0.3, 0.4) is 0 Å². The summed E-state index contributed by atoms with van der Waals surface area (Å²) in [4.78, 5) is 50.4. The molecule has 6 heteroatoms. The van der Waals surface area contributed by atoms with Crippen LogP contribution in [0.15, 0.2) is 23.3 Å². The maximum absolute atomic E-state index is 12.0. The highest BCUT2D eigenvalue weighted by molar-refractivity contribution is 6.16. The quantitative estimate of drug-likeness (QED) is 0.711. The van der Waals surface area contributed by atoms with Gasteiger partial charge in [0.25, 0.3) is 23.6 Å².